The molecule has 26 heavy (non-hydrogen) atoms. The van der Waals surface area contributed by atoms with Crippen LogP contribution in [-0.2, 0) is 0 Å². The fraction of sp³-hybridized carbons (Fsp3) is 0.526. The Labute approximate surface area is 154 Å². The van der Waals surface area contributed by atoms with E-state index in [0.717, 1.165) is 43.7 Å². The number of carbonyl (C=O) groups excluding carboxylic acids is 1. The van der Waals surface area contributed by atoms with Gasteiger partial charge < -0.3 is 15.4 Å². The van der Waals surface area contributed by atoms with Crippen LogP contribution in [0.1, 0.15) is 48.3 Å². The Morgan fingerprint density at radius 3 is 2.88 bits per heavy atom. The predicted molar refractivity (Wildman–Crippen MR) is 99.4 cm³/mol. The van der Waals surface area contributed by atoms with Crippen molar-refractivity contribution in [3.63, 3.8) is 0 Å². The van der Waals surface area contributed by atoms with E-state index < -0.39 is 0 Å². The summed E-state index contributed by atoms with van der Waals surface area (Å²) < 4.78 is 7.83. The fourth-order valence-corrected chi connectivity index (χ4v) is 3.07. The van der Waals surface area contributed by atoms with E-state index >= 15 is 0 Å². The molecule has 140 valence electrons. The molecule has 1 aromatic heterocycles. The summed E-state index contributed by atoms with van der Waals surface area (Å²) in [4.78, 5) is 12.4. The third-order valence-corrected chi connectivity index (χ3v) is 4.76. The van der Waals surface area contributed by atoms with E-state index in [2.05, 4.69) is 20.9 Å². The van der Waals surface area contributed by atoms with Crippen molar-refractivity contribution in [2.24, 2.45) is 0 Å². The molecule has 2 aromatic rings. The molecular formula is C19H27N5O2. The van der Waals surface area contributed by atoms with Crippen molar-refractivity contribution in [3.05, 3.63) is 41.7 Å². The second-order valence-corrected chi connectivity index (χ2v) is 6.69. The molecule has 1 aromatic carbocycles. The number of aromatic nitrogens is 3. The number of benzene rings is 1. The maximum atomic E-state index is 12.4. The Kier molecular flexibility index (Phi) is 6.22. The minimum atomic E-state index is -0.211. The first-order valence-electron chi connectivity index (χ1n) is 9.30. The maximum absolute atomic E-state index is 12.4. The van der Waals surface area contributed by atoms with Gasteiger partial charge in [0.25, 0.3) is 5.91 Å². The quantitative estimate of drug-likeness (QED) is 0.793. The molecule has 2 heterocycles. The Balaban J connectivity index is 1.54. The molecule has 0 saturated carbocycles. The normalized spacial score (nSPS) is 16.2. The highest BCUT2D eigenvalue weighted by Crippen LogP contribution is 2.19. The van der Waals surface area contributed by atoms with Gasteiger partial charge >= 0.3 is 0 Å². The summed E-state index contributed by atoms with van der Waals surface area (Å²) in [5.74, 6) is 0.641. The first-order valence-corrected chi connectivity index (χ1v) is 9.30. The smallest absolute Gasteiger partial charge is 0.273 e. The Bertz CT molecular complexity index is 724. The number of hydrogen-bond donors (Lipinski definition) is 2. The molecule has 7 heteroatoms. The molecule has 0 aliphatic carbocycles. The zero-order valence-electron chi connectivity index (χ0n) is 15.4. The SMILES string of the molecule is CCC(CNC(=O)c1cn(C2CCNCC2)nn1)Oc1ccccc1C. The van der Waals surface area contributed by atoms with Crippen LogP contribution in [0.3, 0.4) is 0 Å². The molecule has 0 bridgehead atoms. The van der Waals surface area contributed by atoms with Crippen molar-refractivity contribution < 1.29 is 9.53 Å². The lowest BCUT2D eigenvalue weighted by Gasteiger charge is -2.22. The molecule has 0 spiro atoms. The van der Waals surface area contributed by atoms with Crippen molar-refractivity contribution in [1.29, 1.82) is 0 Å². The number of ether oxygens (including phenoxy) is 1. The van der Waals surface area contributed by atoms with E-state index in [4.69, 9.17) is 4.74 Å². The summed E-state index contributed by atoms with van der Waals surface area (Å²) in [5.41, 5.74) is 1.44. The zero-order chi connectivity index (χ0) is 18.4. The number of nitrogens with one attached hydrogen (secondary N) is 2. The highest BCUT2D eigenvalue weighted by atomic mass is 16.5. The van der Waals surface area contributed by atoms with E-state index in [-0.39, 0.29) is 12.0 Å². The molecule has 1 unspecified atom stereocenters. The van der Waals surface area contributed by atoms with Gasteiger partial charge in [-0.2, -0.15) is 0 Å². The summed E-state index contributed by atoms with van der Waals surface area (Å²) in [6.07, 6.45) is 4.48. The lowest BCUT2D eigenvalue weighted by Crippen LogP contribution is -2.35. The van der Waals surface area contributed by atoms with E-state index in [1.54, 1.807) is 6.20 Å². The summed E-state index contributed by atoms with van der Waals surface area (Å²) >= 11 is 0. The summed E-state index contributed by atoms with van der Waals surface area (Å²) in [6, 6.07) is 8.21. The molecule has 1 aliphatic heterocycles. The highest BCUT2D eigenvalue weighted by Gasteiger charge is 2.19. The van der Waals surface area contributed by atoms with E-state index in [1.165, 1.54) is 0 Å². The first kappa shape index (κ1) is 18.4. The van der Waals surface area contributed by atoms with Crippen molar-refractivity contribution >= 4 is 5.91 Å². The van der Waals surface area contributed by atoms with Crippen molar-refractivity contribution in [2.75, 3.05) is 19.6 Å². The Hall–Kier alpha value is -2.41. The lowest BCUT2D eigenvalue weighted by molar-refractivity contribution is 0.0920. The van der Waals surface area contributed by atoms with Crippen molar-refractivity contribution in [2.45, 2.75) is 45.3 Å². The molecule has 0 radical (unpaired) electrons. The van der Waals surface area contributed by atoms with Gasteiger partial charge in [-0.1, -0.05) is 30.3 Å². The molecule has 1 fully saturated rings. The number of carbonyl (C=O) groups is 1. The third-order valence-electron chi connectivity index (χ3n) is 4.76. The predicted octanol–water partition coefficient (Wildman–Crippen LogP) is 2.10. The number of amides is 1. The van der Waals surface area contributed by atoms with Crippen LogP contribution in [0.15, 0.2) is 30.5 Å². The molecule has 1 aliphatic rings. The average Bonchev–Trinajstić information content (AvgIpc) is 3.17. The molecule has 1 saturated heterocycles. The van der Waals surface area contributed by atoms with Crippen LogP contribution in [0.25, 0.3) is 0 Å². The van der Waals surface area contributed by atoms with Gasteiger partial charge in [0.15, 0.2) is 5.69 Å². The van der Waals surface area contributed by atoms with Crippen molar-refractivity contribution in [3.8, 4) is 5.75 Å². The standard InChI is InChI=1S/C19H27N5O2/c1-3-16(26-18-7-5-4-6-14(18)2)12-21-19(25)17-13-24(23-22-17)15-8-10-20-11-9-15/h4-7,13,15-16,20H,3,8-12H2,1-2H3,(H,21,25). The van der Waals surface area contributed by atoms with Gasteiger partial charge in [-0.05, 0) is 50.9 Å². The molecule has 2 N–H and O–H groups in total. The monoisotopic (exact) mass is 357 g/mol. The van der Waals surface area contributed by atoms with Gasteiger partial charge in [0.2, 0.25) is 0 Å². The number of hydrogen-bond acceptors (Lipinski definition) is 5. The molecule has 3 rings (SSSR count). The number of rotatable bonds is 7. The lowest BCUT2D eigenvalue weighted by atomic mass is 10.1. The first-order chi connectivity index (χ1) is 12.7. The largest absolute Gasteiger partial charge is 0.488 e. The van der Waals surface area contributed by atoms with E-state index in [1.807, 2.05) is 42.8 Å². The van der Waals surface area contributed by atoms with Crippen LogP contribution in [0.4, 0.5) is 0 Å². The summed E-state index contributed by atoms with van der Waals surface area (Å²) in [6.45, 7) is 6.44. The van der Waals surface area contributed by atoms with Crippen LogP contribution in [0.2, 0.25) is 0 Å². The highest BCUT2D eigenvalue weighted by molar-refractivity contribution is 5.91. The van der Waals surface area contributed by atoms with Crippen LogP contribution >= 0.6 is 0 Å². The topological polar surface area (TPSA) is 81.1 Å². The average molecular weight is 357 g/mol. The van der Waals surface area contributed by atoms with Gasteiger partial charge in [-0.25, -0.2) is 4.68 Å². The molecular weight excluding hydrogens is 330 g/mol. The van der Waals surface area contributed by atoms with Crippen LogP contribution in [0, 0.1) is 6.92 Å². The number of nitrogens with zero attached hydrogens (tertiary/aromatic N) is 3. The number of para-hydroxylation sites is 1. The minimum Gasteiger partial charge on any atom is -0.488 e. The van der Waals surface area contributed by atoms with Gasteiger partial charge in [0.1, 0.15) is 11.9 Å². The van der Waals surface area contributed by atoms with Crippen LogP contribution < -0.4 is 15.4 Å². The minimum absolute atomic E-state index is 0.0838. The van der Waals surface area contributed by atoms with Crippen LogP contribution in [0.5, 0.6) is 5.75 Å². The fourth-order valence-electron chi connectivity index (χ4n) is 3.07. The van der Waals surface area contributed by atoms with Gasteiger partial charge in [-0.15, -0.1) is 5.10 Å². The Morgan fingerprint density at radius 1 is 1.38 bits per heavy atom. The van der Waals surface area contributed by atoms with Gasteiger partial charge in [0.05, 0.1) is 18.8 Å². The molecule has 1 atom stereocenters. The van der Waals surface area contributed by atoms with Crippen molar-refractivity contribution in [1.82, 2.24) is 25.6 Å². The second kappa shape index (κ2) is 8.80. The number of piperidine rings is 1. The van der Waals surface area contributed by atoms with Gasteiger partial charge in [0, 0.05) is 0 Å². The molecule has 7 nitrogen and oxygen atoms in total. The van der Waals surface area contributed by atoms with E-state index in [9.17, 15) is 4.79 Å². The Morgan fingerprint density at radius 2 is 2.15 bits per heavy atom. The third kappa shape index (κ3) is 4.60. The summed E-state index contributed by atoms with van der Waals surface area (Å²) in [5, 5.41) is 14.4. The second-order valence-electron chi connectivity index (χ2n) is 6.69. The van der Waals surface area contributed by atoms with Crippen LogP contribution in [-0.4, -0.2) is 46.6 Å². The van der Waals surface area contributed by atoms with E-state index in [0.29, 0.717) is 18.3 Å². The molecule has 1 amide bonds. The van der Waals surface area contributed by atoms with Gasteiger partial charge in [-0.3, -0.25) is 4.79 Å². The number of aryl methyl sites for hydroxylation is 1. The maximum Gasteiger partial charge on any atom is 0.273 e. The zero-order valence-corrected chi connectivity index (χ0v) is 15.4. The summed E-state index contributed by atoms with van der Waals surface area (Å²) in [7, 11) is 0.